The summed E-state index contributed by atoms with van der Waals surface area (Å²) in [5.74, 6) is 0.639. The first-order valence-corrected chi connectivity index (χ1v) is 5.68. The quantitative estimate of drug-likeness (QED) is 0.768. The van der Waals surface area contributed by atoms with Crippen molar-refractivity contribution in [3.05, 3.63) is 29.8 Å². The second-order valence-electron chi connectivity index (χ2n) is 3.90. The Morgan fingerprint density at radius 2 is 1.94 bits per heavy atom. The maximum absolute atomic E-state index is 8.68. The third-order valence-electron chi connectivity index (χ3n) is 2.68. The highest BCUT2D eigenvalue weighted by molar-refractivity contribution is 5.47. The van der Waals surface area contributed by atoms with E-state index in [9.17, 15) is 0 Å². The minimum absolute atomic E-state index is 0.639. The fourth-order valence-corrected chi connectivity index (χ4v) is 1.57. The van der Waals surface area contributed by atoms with Gasteiger partial charge in [0.05, 0.1) is 11.6 Å². The van der Waals surface area contributed by atoms with Crippen LogP contribution in [-0.4, -0.2) is 20.1 Å². The third-order valence-corrected chi connectivity index (χ3v) is 2.68. The van der Waals surface area contributed by atoms with Gasteiger partial charge in [-0.15, -0.1) is 0 Å². The molecule has 0 fully saturated rings. The van der Waals surface area contributed by atoms with Crippen molar-refractivity contribution in [2.24, 2.45) is 5.92 Å². The monoisotopic (exact) mass is 217 g/mol. The van der Waals surface area contributed by atoms with Gasteiger partial charge in [0.2, 0.25) is 0 Å². The number of hydrogen-bond donors (Lipinski definition) is 2. The predicted octanol–water partition coefficient (Wildman–Crippen LogP) is 2.22. The number of nitriles is 1. The molecule has 0 aliphatic carbocycles. The second kappa shape index (κ2) is 6.86. The maximum Gasteiger partial charge on any atom is 0.0991 e. The number of anilines is 1. The summed E-state index contributed by atoms with van der Waals surface area (Å²) in [7, 11) is 1.98. The van der Waals surface area contributed by atoms with Gasteiger partial charge >= 0.3 is 0 Å². The Morgan fingerprint density at radius 3 is 2.44 bits per heavy atom. The lowest BCUT2D eigenvalue weighted by Gasteiger charge is -2.15. The van der Waals surface area contributed by atoms with E-state index in [1.165, 1.54) is 0 Å². The standard InChI is InChI=1S/C13H19N3/c1-3-11(9-15-2)10-16-13-6-4-12(8-14)5-7-13/h4-7,11,15-16H,3,9-10H2,1-2H3. The van der Waals surface area contributed by atoms with Crippen LogP contribution in [0.5, 0.6) is 0 Å². The average molecular weight is 217 g/mol. The molecule has 1 rings (SSSR count). The Kier molecular flexibility index (Phi) is 5.38. The van der Waals surface area contributed by atoms with Crippen LogP contribution in [0.1, 0.15) is 18.9 Å². The van der Waals surface area contributed by atoms with Gasteiger partial charge in [0.25, 0.3) is 0 Å². The first-order chi connectivity index (χ1) is 7.80. The van der Waals surface area contributed by atoms with Gasteiger partial charge in [0, 0.05) is 12.2 Å². The lowest BCUT2D eigenvalue weighted by molar-refractivity contribution is 0.507. The first-order valence-electron chi connectivity index (χ1n) is 5.68. The predicted molar refractivity (Wildman–Crippen MR) is 67.4 cm³/mol. The molecule has 0 aliphatic heterocycles. The summed E-state index contributed by atoms with van der Waals surface area (Å²) in [5, 5.41) is 15.2. The minimum atomic E-state index is 0.639. The summed E-state index contributed by atoms with van der Waals surface area (Å²) < 4.78 is 0. The Bertz CT molecular complexity index is 337. The van der Waals surface area contributed by atoms with E-state index in [0.29, 0.717) is 11.5 Å². The SMILES string of the molecule is CCC(CNC)CNc1ccc(C#N)cc1. The van der Waals surface area contributed by atoms with Crippen molar-refractivity contribution in [1.82, 2.24) is 5.32 Å². The summed E-state index contributed by atoms with van der Waals surface area (Å²) in [6.07, 6.45) is 1.16. The second-order valence-corrected chi connectivity index (χ2v) is 3.90. The van der Waals surface area contributed by atoms with Gasteiger partial charge in [-0.2, -0.15) is 5.26 Å². The van der Waals surface area contributed by atoms with Crippen molar-refractivity contribution in [3.63, 3.8) is 0 Å². The molecule has 86 valence electrons. The van der Waals surface area contributed by atoms with E-state index >= 15 is 0 Å². The van der Waals surface area contributed by atoms with Crippen LogP contribution in [0.25, 0.3) is 0 Å². The Balaban J connectivity index is 2.44. The largest absolute Gasteiger partial charge is 0.385 e. The molecule has 0 saturated heterocycles. The molecule has 16 heavy (non-hydrogen) atoms. The van der Waals surface area contributed by atoms with Gasteiger partial charge in [-0.1, -0.05) is 13.3 Å². The average Bonchev–Trinajstić information content (AvgIpc) is 2.35. The summed E-state index contributed by atoms with van der Waals surface area (Å²) in [6.45, 7) is 4.19. The van der Waals surface area contributed by atoms with Crippen molar-refractivity contribution in [2.45, 2.75) is 13.3 Å². The van der Waals surface area contributed by atoms with Crippen molar-refractivity contribution in [2.75, 3.05) is 25.5 Å². The highest BCUT2D eigenvalue weighted by Crippen LogP contribution is 2.10. The normalized spacial score (nSPS) is 11.8. The van der Waals surface area contributed by atoms with Gasteiger partial charge in [-0.3, -0.25) is 0 Å². The van der Waals surface area contributed by atoms with Crippen molar-refractivity contribution < 1.29 is 0 Å². The number of benzene rings is 1. The molecule has 2 N–H and O–H groups in total. The van der Waals surface area contributed by atoms with Gasteiger partial charge < -0.3 is 10.6 Å². The van der Waals surface area contributed by atoms with E-state index in [2.05, 4.69) is 23.6 Å². The van der Waals surface area contributed by atoms with E-state index in [1.807, 2.05) is 31.3 Å². The molecule has 0 bridgehead atoms. The topological polar surface area (TPSA) is 47.8 Å². The Morgan fingerprint density at radius 1 is 1.25 bits per heavy atom. The third kappa shape index (κ3) is 3.92. The van der Waals surface area contributed by atoms with Crippen LogP contribution >= 0.6 is 0 Å². The van der Waals surface area contributed by atoms with Gasteiger partial charge in [-0.25, -0.2) is 0 Å². The molecule has 0 saturated carbocycles. The summed E-state index contributed by atoms with van der Waals surface area (Å²) in [4.78, 5) is 0. The fraction of sp³-hybridized carbons (Fsp3) is 0.462. The molecule has 1 unspecified atom stereocenters. The molecule has 0 amide bonds. The van der Waals surface area contributed by atoms with E-state index in [1.54, 1.807) is 0 Å². The lowest BCUT2D eigenvalue weighted by Crippen LogP contribution is -2.24. The summed E-state index contributed by atoms with van der Waals surface area (Å²) in [5.41, 5.74) is 1.78. The van der Waals surface area contributed by atoms with E-state index in [0.717, 1.165) is 25.2 Å². The molecule has 1 aromatic rings. The summed E-state index contributed by atoms with van der Waals surface area (Å²) in [6, 6.07) is 9.68. The molecule has 1 atom stereocenters. The lowest BCUT2D eigenvalue weighted by atomic mass is 10.1. The molecule has 3 heteroatoms. The number of hydrogen-bond acceptors (Lipinski definition) is 3. The van der Waals surface area contributed by atoms with Crippen LogP contribution in [0.3, 0.4) is 0 Å². The van der Waals surface area contributed by atoms with Crippen molar-refractivity contribution in [1.29, 1.82) is 5.26 Å². The highest BCUT2D eigenvalue weighted by atomic mass is 14.9. The van der Waals surface area contributed by atoms with Crippen molar-refractivity contribution in [3.8, 4) is 6.07 Å². The van der Waals surface area contributed by atoms with E-state index in [-0.39, 0.29) is 0 Å². The van der Waals surface area contributed by atoms with Crippen LogP contribution < -0.4 is 10.6 Å². The number of rotatable bonds is 6. The van der Waals surface area contributed by atoms with Crippen LogP contribution in [0.4, 0.5) is 5.69 Å². The molecule has 0 aliphatic rings. The van der Waals surface area contributed by atoms with Crippen LogP contribution in [0.2, 0.25) is 0 Å². The van der Waals surface area contributed by atoms with E-state index in [4.69, 9.17) is 5.26 Å². The van der Waals surface area contributed by atoms with Gasteiger partial charge in [-0.05, 0) is 43.8 Å². The molecule has 3 nitrogen and oxygen atoms in total. The minimum Gasteiger partial charge on any atom is -0.385 e. The molecular weight excluding hydrogens is 198 g/mol. The van der Waals surface area contributed by atoms with Crippen molar-refractivity contribution >= 4 is 5.69 Å². The highest BCUT2D eigenvalue weighted by Gasteiger charge is 2.04. The zero-order chi connectivity index (χ0) is 11.8. The number of nitrogens with zero attached hydrogens (tertiary/aromatic N) is 1. The van der Waals surface area contributed by atoms with Crippen LogP contribution in [0.15, 0.2) is 24.3 Å². The smallest absolute Gasteiger partial charge is 0.0991 e. The molecular formula is C13H19N3. The fourth-order valence-electron chi connectivity index (χ4n) is 1.57. The zero-order valence-corrected chi connectivity index (χ0v) is 9.96. The van der Waals surface area contributed by atoms with Gasteiger partial charge in [0.1, 0.15) is 0 Å². The maximum atomic E-state index is 8.68. The molecule has 0 radical (unpaired) electrons. The Hall–Kier alpha value is -1.53. The number of nitrogens with one attached hydrogen (secondary N) is 2. The van der Waals surface area contributed by atoms with Crippen LogP contribution in [0, 0.1) is 17.2 Å². The van der Waals surface area contributed by atoms with E-state index < -0.39 is 0 Å². The molecule has 0 aromatic heterocycles. The zero-order valence-electron chi connectivity index (χ0n) is 9.96. The molecule has 0 heterocycles. The Labute approximate surface area is 97.5 Å². The molecule has 0 spiro atoms. The first kappa shape index (κ1) is 12.5. The van der Waals surface area contributed by atoms with Gasteiger partial charge in [0.15, 0.2) is 0 Å². The summed E-state index contributed by atoms with van der Waals surface area (Å²) >= 11 is 0. The molecule has 1 aromatic carbocycles. The van der Waals surface area contributed by atoms with Crippen LogP contribution in [-0.2, 0) is 0 Å².